The Kier molecular flexibility index (Phi) is 8.03. The van der Waals surface area contributed by atoms with Crippen molar-refractivity contribution in [3.63, 3.8) is 0 Å². The van der Waals surface area contributed by atoms with E-state index in [-0.39, 0.29) is 18.3 Å². The molecule has 0 aliphatic carbocycles. The first-order valence-electron chi connectivity index (χ1n) is 7.31. The molecule has 0 saturated carbocycles. The minimum atomic E-state index is -2.90. The molecule has 124 valence electrons. The van der Waals surface area contributed by atoms with Gasteiger partial charge in [0.25, 0.3) is 0 Å². The number of guanidine groups is 1. The van der Waals surface area contributed by atoms with Crippen LogP contribution in [0.25, 0.3) is 0 Å². The van der Waals surface area contributed by atoms with Crippen molar-refractivity contribution in [3.8, 4) is 11.5 Å². The van der Waals surface area contributed by atoms with Crippen molar-refractivity contribution >= 4 is 5.96 Å². The number of nitrogens with one attached hydrogen (secondary N) is 1. The highest BCUT2D eigenvalue weighted by Gasteiger charge is 2.11. The predicted octanol–water partition coefficient (Wildman–Crippen LogP) is 2.89. The van der Waals surface area contributed by atoms with E-state index in [4.69, 9.17) is 10.5 Å². The van der Waals surface area contributed by atoms with Crippen molar-refractivity contribution in [1.29, 1.82) is 0 Å². The quantitative estimate of drug-likeness (QED) is 0.543. The van der Waals surface area contributed by atoms with Crippen LogP contribution in [0.1, 0.15) is 32.3 Å². The molecule has 1 rings (SSSR count). The average Bonchev–Trinajstić information content (AvgIpc) is 2.49. The zero-order valence-electron chi connectivity index (χ0n) is 12.9. The Balaban J connectivity index is 2.82. The average molecular weight is 315 g/mol. The van der Waals surface area contributed by atoms with Crippen molar-refractivity contribution in [2.75, 3.05) is 13.2 Å². The number of nitrogens with two attached hydrogens (primary N) is 1. The van der Waals surface area contributed by atoms with Gasteiger partial charge in [0.2, 0.25) is 0 Å². The van der Waals surface area contributed by atoms with E-state index in [1.165, 1.54) is 6.07 Å². The summed E-state index contributed by atoms with van der Waals surface area (Å²) in [7, 11) is 0. The molecule has 0 amide bonds. The van der Waals surface area contributed by atoms with Crippen LogP contribution < -0.4 is 20.5 Å². The van der Waals surface area contributed by atoms with Crippen molar-refractivity contribution in [2.24, 2.45) is 10.7 Å². The second kappa shape index (κ2) is 9.81. The number of ether oxygens (including phenoxy) is 2. The van der Waals surface area contributed by atoms with Crippen LogP contribution >= 0.6 is 0 Å². The van der Waals surface area contributed by atoms with Crippen LogP contribution in [0.5, 0.6) is 11.5 Å². The van der Waals surface area contributed by atoms with E-state index in [0.29, 0.717) is 24.5 Å². The van der Waals surface area contributed by atoms with Gasteiger partial charge >= 0.3 is 6.61 Å². The van der Waals surface area contributed by atoms with Gasteiger partial charge in [-0.2, -0.15) is 8.78 Å². The number of rotatable bonds is 9. The zero-order chi connectivity index (χ0) is 16.4. The molecule has 0 unspecified atom stereocenters. The minimum Gasteiger partial charge on any atom is -0.493 e. The fourth-order valence-corrected chi connectivity index (χ4v) is 1.66. The van der Waals surface area contributed by atoms with Crippen LogP contribution in [0.15, 0.2) is 23.2 Å². The van der Waals surface area contributed by atoms with E-state index in [0.717, 1.165) is 12.8 Å². The van der Waals surface area contributed by atoms with Crippen molar-refractivity contribution in [1.82, 2.24) is 5.32 Å². The first kappa shape index (κ1) is 18.0. The highest BCUT2D eigenvalue weighted by molar-refractivity contribution is 5.77. The molecule has 0 heterocycles. The first-order valence-corrected chi connectivity index (χ1v) is 7.31. The Morgan fingerprint density at radius 1 is 1.32 bits per heavy atom. The Bertz CT molecular complexity index is 482. The second-order valence-corrected chi connectivity index (χ2v) is 4.62. The van der Waals surface area contributed by atoms with Gasteiger partial charge in [0.1, 0.15) is 11.5 Å². The summed E-state index contributed by atoms with van der Waals surface area (Å²) in [6, 6.07) is 4.80. The lowest BCUT2D eigenvalue weighted by Gasteiger charge is -2.12. The number of hydrogen-bond acceptors (Lipinski definition) is 3. The lowest BCUT2D eigenvalue weighted by atomic mass is 10.2. The fourth-order valence-electron chi connectivity index (χ4n) is 1.66. The molecule has 1 aromatic carbocycles. The SMILES string of the molecule is CCCNC(N)=NCc1ccc(OCCC)cc1OC(F)F. The topological polar surface area (TPSA) is 68.9 Å². The largest absolute Gasteiger partial charge is 0.493 e. The second-order valence-electron chi connectivity index (χ2n) is 4.62. The van der Waals surface area contributed by atoms with Gasteiger partial charge in [-0.15, -0.1) is 0 Å². The summed E-state index contributed by atoms with van der Waals surface area (Å²) in [6.07, 6.45) is 1.75. The molecule has 0 atom stereocenters. The maximum atomic E-state index is 12.5. The van der Waals surface area contributed by atoms with E-state index < -0.39 is 6.61 Å². The van der Waals surface area contributed by atoms with Gasteiger partial charge in [-0.1, -0.05) is 13.8 Å². The molecule has 3 N–H and O–H groups in total. The number of aliphatic imine (C=N–C) groups is 1. The van der Waals surface area contributed by atoms with E-state index in [1.54, 1.807) is 12.1 Å². The number of nitrogens with zero attached hydrogens (tertiary/aromatic N) is 1. The predicted molar refractivity (Wildman–Crippen MR) is 82.5 cm³/mol. The third kappa shape index (κ3) is 6.60. The summed E-state index contributed by atoms with van der Waals surface area (Å²) in [5.74, 6) is 0.814. The third-order valence-electron chi connectivity index (χ3n) is 2.70. The number of hydrogen-bond donors (Lipinski definition) is 2. The Labute approximate surface area is 129 Å². The van der Waals surface area contributed by atoms with Gasteiger partial charge in [0.15, 0.2) is 5.96 Å². The minimum absolute atomic E-state index is 0.0515. The van der Waals surface area contributed by atoms with Crippen molar-refractivity contribution in [3.05, 3.63) is 23.8 Å². The fraction of sp³-hybridized carbons (Fsp3) is 0.533. The molecule has 0 aliphatic heterocycles. The van der Waals surface area contributed by atoms with E-state index >= 15 is 0 Å². The molecular weight excluding hydrogens is 292 g/mol. The van der Waals surface area contributed by atoms with Gasteiger partial charge in [-0.05, 0) is 25.0 Å². The lowest BCUT2D eigenvalue weighted by Crippen LogP contribution is -2.32. The van der Waals surface area contributed by atoms with Crippen molar-refractivity contribution < 1.29 is 18.3 Å². The van der Waals surface area contributed by atoms with E-state index in [2.05, 4.69) is 15.0 Å². The van der Waals surface area contributed by atoms with Gasteiger partial charge in [0, 0.05) is 18.2 Å². The maximum absolute atomic E-state index is 12.5. The summed E-state index contributed by atoms with van der Waals surface area (Å²) in [4.78, 5) is 4.11. The Hall–Kier alpha value is -2.05. The summed E-state index contributed by atoms with van der Waals surface area (Å²) in [6.45, 7) is 2.44. The number of alkyl halides is 2. The Morgan fingerprint density at radius 3 is 2.73 bits per heavy atom. The smallest absolute Gasteiger partial charge is 0.387 e. The highest BCUT2D eigenvalue weighted by atomic mass is 19.3. The molecule has 0 spiro atoms. The normalized spacial score (nSPS) is 11.6. The maximum Gasteiger partial charge on any atom is 0.387 e. The first-order chi connectivity index (χ1) is 10.6. The molecule has 0 aliphatic rings. The molecule has 1 aromatic rings. The van der Waals surface area contributed by atoms with E-state index in [1.807, 2.05) is 13.8 Å². The standard InChI is InChI=1S/C15H23F2N3O2/c1-3-7-19-15(18)20-10-11-5-6-12(21-8-4-2)9-13(11)22-14(16)17/h5-6,9,14H,3-4,7-8,10H2,1-2H3,(H3,18,19,20). The van der Waals surface area contributed by atoms with Crippen LogP contribution in [0.4, 0.5) is 8.78 Å². The Morgan fingerprint density at radius 2 is 2.09 bits per heavy atom. The molecule has 0 radical (unpaired) electrons. The van der Waals surface area contributed by atoms with Crippen molar-refractivity contribution in [2.45, 2.75) is 39.8 Å². The molecule has 0 aromatic heterocycles. The van der Waals surface area contributed by atoms with Gasteiger partial charge < -0.3 is 20.5 Å². The molecule has 0 saturated heterocycles. The monoisotopic (exact) mass is 315 g/mol. The summed E-state index contributed by atoms with van der Waals surface area (Å²) in [5.41, 5.74) is 6.20. The lowest BCUT2D eigenvalue weighted by molar-refractivity contribution is -0.0505. The van der Waals surface area contributed by atoms with Gasteiger partial charge in [-0.25, -0.2) is 4.99 Å². The highest BCUT2D eigenvalue weighted by Crippen LogP contribution is 2.27. The van der Waals surface area contributed by atoms with Crippen LogP contribution in [0.2, 0.25) is 0 Å². The summed E-state index contributed by atoms with van der Waals surface area (Å²) in [5, 5.41) is 2.92. The van der Waals surface area contributed by atoms with Crippen LogP contribution in [-0.2, 0) is 6.54 Å². The molecule has 5 nitrogen and oxygen atoms in total. The third-order valence-corrected chi connectivity index (χ3v) is 2.70. The van der Waals surface area contributed by atoms with Crippen LogP contribution in [0, 0.1) is 0 Å². The van der Waals surface area contributed by atoms with Crippen LogP contribution in [-0.4, -0.2) is 25.7 Å². The molecule has 22 heavy (non-hydrogen) atoms. The number of halogens is 2. The van der Waals surface area contributed by atoms with E-state index in [9.17, 15) is 8.78 Å². The summed E-state index contributed by atoms with van der Waals surface area (Å²) < 4.78 is 35.0. The van der Waals surface area contributed by atoms with Gasteiger partial charge in [-0.3, -0.25) is 0 Å². The molecule has 7 heteroatoms. The van der Waals surface area contributed by atoms with Gasteiger partial charge in [0.05, 0.1) is 13.2 Å². The summed E-state index contributed by atoms with van der Waals surface area (Å²) >= 11 is 0. The number of benzene rings is 1. The molecule has 0 bridgehead atoms. The van der Waals surface area contributed by atoms with Crippen LogP contribution in [0.3, 0.4) is 0 Å². The zero-order valence-corrected chi connectivity index (χ0v) is 12.9. The molecular formula is C15H23F2N3O2. The molecule has 0 fully saturated rings.